The molecule has 1 rings (SSSR count). The second kappa shape index (κ2) is 8.47. The van der Waals surface area contributed by atoms with E-state index in [1.54, 1.807) is 37.7 Å². The van der Waals surface area contributed by atoms with Gasteiger partial charge in [0.25, 0.3) is 0 Å². The predicted molar refractivity (Wildman–Crippen MR) is 85.9 cm³/mol. The molecule has 5 heteroatoms. The molecule has 110 valence electrons. The number of carboxylic acid groups (broad SMARTS) is 1. The van der Waals surface area contributed by atoms with Crippen molar-refractivity contribution in [3.8, 4) is 0 Å². The number of ketones is 1. The second-order valence-corrected chi connectivity index (χ2v) is 6.66. The van der Waals surface area contributed by atoms with Gasteiger partial charge in [-0.15, -0.1) is 11.8 Å². The third-order valence-electron chi connectivity index (χ3n) is 3.24. The van der Waals surface area contributed by atoms with Crippen molar-refractivity contribution < 1.29 is 14.7 Å². The molecule has 1 aromatic rings. The van der Waals surface area contributed by atoms with E-state index in [0.717, 1.165) is 22.4 Å². The van der Waals surface area contributed by atoms with Gasteiger partial charge in [-0.25, -0.2) is 0 Å². The van der Waals surface area contributed by atoms with Crippen LogP contribution in [0.3, 0.4) is 0 Å². The molecule has 2 atom stereocenters. The number of hydrogen-bond donors (Lipinski definition) is 1. The van der Waals surface area contributed by atoms with E-state index in [-0.39, 0.29) is 5.78 Å². The first-order valence-electron chi connectivity index (χ1n) is 6.53. The number of rotatable bonds is 8. The van der Waals surface area contributed by atoms with Crippen LogP contribution >= 0.6 is 27.7 Å². The molecule has 0 heterocycles. The number of halogens is 1. The molecule has 0 aliphatic carbocycles. The molecule has 0 saturated carbocycles. The van der Waals surface area contributed by atoms with Gasteiger partial charge in [0.05, 0.1) is 5.92 Å². The van der Waals surface area contributed by atoms with E-state index in [0.29, 0.717) is 5.56 Å². The van der Waals surface area contributed by atoms with Crippen molar-refractivity contribution >= 4 is 39.4 Å². The standard InChI is InChI=1S/C15H19BrO3S/c1-10(11(2)15(18)19)14(17)12-4-6-13(7-5-12)20-9-3-8-16/h4-7,10-11H,3,8-9H2,1-2H3,(H,18,19). The lowest BCUT2D eigenvalue weighted by Crippen LogP contribution is -2.25. The summed E-state index contributed by atoms with van der Waals surface area (Å²) in [6.45, 7) is 3.23. The minimum atomic E-state index is -0.937. The Morgan fingerprint density at radius 3 is 2.30 bits per heavy atom. The van der Waals surface area contributed by atoms with Gasteiger partial charge in [0.15, 0.2) is 5.78 Å². The number of thioether (sulfide) groups is 1. The van der Waals surface area contributed by atoms with Crippen LogP contribution in [0.5, 0.6) is 0 Å². The van der Waals surface area contributed by atoms with Crippen LogP contribution in [0.4, 0.5) is 0 Å². The molecule has 1 aromatic carbocycles. The zero-order valence-corrected chi connectivity index (χ0v) is 14.0. The number of aliphatic carboxylic acids is 1. The van der Waals surface area contributed by atoms with Crippen LogP contribution in [0.25, 0.3) is 0 Å². The quantitative estimate of drug-likeness (QED) is 0.329. The summed E-state index contributed by atoms with van der Waals surface area (Å²) in [6, 6.07) is 7.41. The van der Waals surface area contributed by atoms with Gasteiger partial charge in [0, 0.05) is 21.7 Å². The van der Waals surface area contributed by atoms with E-state index < -0.39 is 17.8 Å². The van der Waals surface area contributed by atoms with Gasteiger partial charge >= 0.3 is 5.97 Å². The summed E-state index contributed by atoms with van der Waals surface area (Å²) < 4.78 is 0. The molecule has 0 aliphatic rings. The number of hydrogen-bond acceptors (Lipinski definition) is 3. The van der Waals surface area contributed by atoms with Gasteiger partial charge in [-0.05, 0) is 24.3 Å². The molecule has 0 aromatic heterocycles. The summed E-state index contributed by atoms with van der Waals surface area (Å²) >= 11 is 5.14. The fourth-order valence-corrected chi connectivity index (χ4v) is 3.17. The Labute approximate surface area is 132 Å². The van der Waals surface area contributed by atoms with Gasteiger partial charge in [-0.3, -0.25) is 9.59 Å². The van der Waals surface area contributed by atoms with E-state index in [2.05, 4.69) is 15.9 Å². The molecule has 0 saturated heterocycles. The minimum Gasteiger partial charge on any atom is -0.481 e. The fraction of sp³-hybridized carbons (Fsp3) is 0.467. The van der Waals surface area contributed by atoms with Crippen LogP contribution < -0.4 is 0 Å². The highest BCUT2D eigenvalue weighted by atomic mass is 79.9. The minimum absolute atomic E-state index is 0.114. The number of carbonyl (C=O) groups excluding carboxylic acids is 1. The number of benzene rings is 1. The van der Waals surface area contributed by atoms with Crippen LogP contribution in [-0.2, 0) is 4.79 Å². The summed E-state index contributed by atoms with van der Waals surface area (Å²) in [7, 11) is 0. The lowest BCUT2D eigenvalue weighted by atomic mass is 9.88. The molecule has 0 amide bonds. The van der Waals surface area contributed by atoms with Crippen molar-refractivity contribution in [1.29, 1.82) is 0 Å². The Morgan fingerprint density at radius 2 is 1.80 bits per heavy atom. The Kier molecular flexibility index (Phi) is 7.30. The third kappa shape index (κ3) is 4.94. The lowest BCUT2D eigenvalue weighted by Gasteiger charge is -2.14. The number of Topliss-reactive ketones (excluding diaryl/α,β-unsaturated/α-hetero) is 1. The van der Waals surface area contributed by atoms with Crippen molar-refractivity contribution in [3.05, 3.63) is 29.8 Å². The normalized spacial score (nSPS) is 13.8. The summed E-state index contributed by atoms with van der Waals surface area (Å²) in [6.07, 6.45) is 1.10. The maximum Gasteiger partial charge on any atom is 0.306 e. The first-order valence-corrected chi connectivity index (χ1v) is 8.64. The molecule has 0 radical (unpaired) electrons. The molecule has 0 fully saturated rings. The first kappa shape index (κ1) is 17.2. The predicted octanol–water partition coefficient (Wildman–Crippen LogP) is 4.10. The van der Waals surface area contributed by atoms with Crippen LogP contribution in [0.2, 0.25) is 0 Å². The molecule has 1 N–H and O–H groups in total. The van der Waals surface area contributed by atoms with Gasteiger partial charge in [-0.1, -0.05) is 41.9 Å². The average molecular weight is 359 g/mol. The third-order valence-corrected chi connectivity index (χ3v) is 4.90. The molecule has 0 spiro atoms. The maximum atomic E-state index is 12.2. The molecular formula is C15H19BrO3S. The van der Waals surface area contributed by atoms with Crippen LogP contribution in [0.1, 0.15) is 30.6 Å². The molecule has 0 bridgehead atoms. The monoisotopic (exact) mass is 358 g/mol. The Morgan fingerprint density at radius 1 is 1.20 bits per heavy atom. The molecule has 0 aliphatic heterocycles. The zero-order valence-electron chi connectivity index (χ0n) is 11.6. The van der Waals surface area contributed by atoms with E-state index in [1.807, 2.05) is 12.1 Å². The van der Waals surface area contributed by atoms with Gasteiger partial charge in [0.1, 0.15) is 0 Å². The first-order chi connectivity index (χ1) is 9.47. The van der Waals surface area contributed by atoms with Crippen molar-refractivity contribution in [2.24, 2.45) is 11.8 Å². The van der Waals surface area contributed by atoms with Gasteiger partial charge < -0.3 is 5.11 Å². The van der Waals surface area contributed by atoms with Gasteiger partial charge in [0.2, 0.25) is 0 Å². The molecular weight excluding hydrogens is 340 g/mol. The van der Waals surface area contributed by atoms with Crippen LogP contribution in [-0.4, -0.2) is 27.9 Å². The zero-order chi connectivity index (χ0) is 15.1. The van der Waals surface area contributed by atoms with Crippen LogP contribution in [0.15, 0.2) is 29.2 Å². The van der Waals surface area contributed by atoms with Crippen molar-refractivity contribution in [2.75, 3.05) is 11.1 Å². The summed E-state index contributed by atoms with van der Waals surface area (Å²) in [5, 5.41) is 9.94. The highest BCUT2D eigenvalue weighted by Gasteiger charge is 2.26. The summed E-state index contributed by atoms with van der Waals surface area (Å²) in [5.41, 5.74) is 0.579. The van der Waals surface area contributed by atoms with Crippen molar-refractivity contribution in [2.45, 2.75) is 25.2 Å². The van der Waals surface area contributed by atoms with Crippen molar-refractivity contribution in [3.63, 3.8) is 0 Å². The molecule has 20 heavy (non-hydrogen) atoms. The van der Waals surface area contributed by atoms with E-state index >= 15 is 0 Å². The Hall–Kier alpha value is -0.810. The van der Waals surface area contributed by atoms with E-state index in [1.165, 1.54) is 0 Å². The fourth-order valence-electron chi connectivity index (χ4n) is 1.66. The molecule has 2 unspecified atom stereocenters. The van der Waals surface area contributed by atoms with Crippen molar-refractivity contribution in [1.82, 2.24) is 0 Å². The molecule has 3 nitrogen and oxygen atoms in total. The Bertz CT molecular complexity index is 459. The lowest BCUT2D eigenvalue weighted by molar-refractivity contribution is -0.142. The highest BCUT2D eigenvalue weighted by Crippen LogP contribution is 2.22. The smallest absolute Gasteiger partial charge is 0.306 e. The maximum absolute atomic E-state index is 12.2. The van der Waals surface area contributed by atoms with Gasteiger partial charge in [-0.2, -0.15) is 0 Å². The number of carboxylic acids is 1. The summed E-state index contributed by atoms with van der Waals surface area (Å²) in [4.78, 5) is 24.2. The Balaban J connectivity index is 2.68. The van der Waals surface area contributed by atoms with E-state index in [9.17, 15) is 9.59 Å². The second-order valence-electron chi connectivity index (χ2n) is 4.70. The average Bonchev–Trinajstić information content (AvgIpc) is 2.46. The highest BCUT2D eigenvalue weighted by molar-refractivity contribution is 9.09. The topological polar surface area (TPSA) is 54.4 Å². The van der Waals surface area contributed by atoms with Crippen LogP contribution in [0, 0.1) is 11.8 Å². The number of alkyl halides is 1. The SMILES string of the molecule is CC(C(=O)O)C(C)C(=O)c1ccc(SCCCBr)cc1. The largest absolute Gasteiger partial charge is 0.481 e. The van der Waals surface area contributed by atoms with E-state index in [4.69, 9.17) is 5.11 Å². The number of carbonyl (C=O) groups is 2. The summed E-state index contributed by atoms with van der Waals surface area (Å²) in [5.74, 6) is -1.20.